The van der Waals surface area contributed by atoms with Crippen LogP contribution in [0.5, 0.6) is 0 Å². The molecule has 0 radical (unpaired) electrons. The van der Waals surface area contributed by atoms with E-state index in [9.17, 15) is 177 Å². The Morgan fingerprint density at radius 1 is 0.272 bits per heavy atom. The summed E-state index contributed by atoms with van der Waals surface area (Å²) in [6, 6.07) is -9.72. The second-order valence-electron chi connectivity index (χ2n) is 34.3. The molecule has 0 aromatic heterocycles. The zero-order chi connectivity index (χ0) is 101. The molecule has 0 saturated carbocycles. The van der Waals surface area contributed by atoms with E-state index in [2.05, 4.69) is 26.6 Å². The van der Waals surface area contributed by atoms with Crippen LogP contribution in [-0.4, -0.2) is 587 Å². The van der Waals surface area contributed by atoms with Crippen molar-refractivity contribution in [3.8, 4) is 0 Å². The highest BCUT2D eigenvalue weighted by molar-refractivity contribution is 5.75. The SMILES string of the molecule is CC(=O)N[C@H]1[C@H](O[C@@H]([C@H](O)[C@H](CO)NC(C)=O)[C@H](O)CO[C@@H]2O[C@@H](C)[C@@H](O)[C@@H](O)[C@@H]2O)O[C@H](CO)[C@@H](O[C@@H]2O[C@H](CO[C@H]3O[C@H](CO[C@@H]4O[C@H](CO)[C@@H](O[C@@H]5O[C@H](CO)[C@H](O)[C@H](O)[C@H]5O)[C@@H](O)[C@H]4NC(C)=O)[C@@H](O)[C@H](O)[C@@H]3O[C@@H]3O[C@H](CO)[C@@H](O[C@@H]4O[C@H](CO)[C@H](O)[C@H](O)[C@H]4O)[C@H](O)[C@H]3NC(C)=O)[C@@H](O)[C@H](O[C@H]3O[C@H](CO)[C@@H](O)[C@H](O)[C@@H]3O[C@@H]3O[C@H](CO)[C@@H](O)[C@H](O)[C@H]3NC(C)=O)[C@@H]2O)[C@@H]1O. The minimum atomic E-state index is -2.70. The molecule has 0 unspecified atom stereocenters. The lowest BCUT2D eigenvalue weighted by molar-refractivity contribution is -0.396. The van der Waals surface area contributed by atoms with Crippen molar-refractivity contribution in [1.82, 2.24) is 26.6 Å². The number of nitrogens with one attached hydrogen (secondary N) is 5. The van der Waals surface area contributed by atoms with E-state index in [0.29, 0.717) is 0 Å². The van der Waals surface area contributed by atoms with E-state index in [0.717, 1.165) is 34.6 Å². The van der Waals surface area contributed by atoms with E-state index in [1.165, 1.54) is 6.92 Å². The van der Waals surface area contributed by atoms with Crippen molar-refractivity contribution < 1.29 is 272 Å². The number of aliphatic hydroxyl groups excluding tert-OH is 30. The summed E-state index contributed by atoms with van der Waals surface area (Å²) in [5, 5.41) is 349. The van der Waals surface area contributed by atoms with Crippen molar-refractivity contribution in [3.63, 3.8) is 0 Å². The average Bonchev–Trinajstić information content (AvgIpc) is 0.772. The van der Waals surface area contributed by atoms with Crippen LogP contribution in [0.25, 0.3) is 0 Å². The molecule has 788 valence electrons. The summed E-state index contributed by atoms with van der Waals surface area (Å²) >= 11 is 0. The van der Waals surface area contributed by atoms with Gasteiger partial charge in [-0.1, -0.05) is 0 Å². The molecule has 0 spiro atoms. The lowest BCUT2D eigenvalue weighted by Crippen LogP contribution is -2.70. The predicted octanol–water partition coefficient (Wildman–Crippen LogP) is -23.6. The van der Waals surface area contributed by atoms with Gasteiger partial charge in [0.05, 0.1) is 84.8 Å². The van der Waals surface area contributed by atoms with Crippen molar-refractivity contribution >= 4 is 29.5 Å². The molecule has 0 bridgehead atoms. The van der Waals surface area contributed by atoms with E-state index in [4.69, 9.17) is 94.7 Å². The second-order valence-corrected chi connectivity index (χ2v) is 34.3. The largest absolute Gasteiger partial charge is 0.394 e. The van der Waals surface area contributed by atoms with Gasteiger partial charge < -0.3 is 275 Å². The zero-order valence-electron chi connectivity index (χ0n) is 73.6. The fraction of sp³-hybridized carbons (Fsp3) is 0.934. The number of ether oxygens (including phenoxy) is 20. The van der Waals surface area contributed by atoms with Crippen molar-refractivity contribution in [2.45, 2.75) is 373 Å². The zero-order valence-corrected chi connectivity index (χ0v) is 73.6. The number of aliphatic hydroxyl groups is 30. The lowest BCUT2D eigenvalue weighted by atomic mass is 9.94. The van der Waals surface area contributed by atoms with Crippen LogP contribution in [0.3, 0.4) is 0 Å². The van der Waals surface area contributed by atoms with Crippen molar-refractivity contribution in [2.75, 3.05) is 72.7 Å². The summed E-state index contributed by atoms with van der Waals surface area (Å²) in [5.74, 6) is -4.84. The maximum atomic E-state index is 13.4. The molecule has 54 atom stereocenters. The van der Waals surface area contributed by atoms with Gasteiger partial charge in [-0.2, -0.15) is 0 Å². The third kappa shape index (κ3) is 26.0. The number of carbonyl (C=O) groups is 5. The van der Waals surface area contributed by atoms with Gasteiger partial charge in [0.25, 0.3) is 0 Å². The van der Waals surface area contributed by atoms with Crippen LogP contribution < -0.4 is 26.6 Å². The highest BCUT2D eigenvalue weighted by Gasteiger charge is 2.62. The molecule has 60 nitrogen and oxygen atoms in total. The van der Waals surface area contributed by atoms with Gasteiger partial charge in [0, 0.05) is 34.6 Å². The molecular formula is C76H129N5O55. The monoisotopic (exact) mass is 1990 g/mol. The minimum absolute atomic E-state index is 0.868. The molecule has 10 aliphatic rings. The summed E-state index contributed by atoms with van der Waals surface area (Å²) in [4.78, 5) is 64.7. The number of hydrogen-bond acceptors (Lipinski definition) is 55. The average molecular weight is 1990 g/mol. The fourth-order valence-electron chi connectivity index (χ4n) is 17.2. The van der Waals surface area contributed by atoms with Crippen molar-refractivity contribution in [2.24, 2.45) is 0 Å². The van der Waals surface area contributed by atoms with Gasteiger partial charge in [0.1, 0.15) is 256 Å². The number of amides is 5. The van der Waals surface area contributed by atoms with Gasteiger partial charge >= 0.3 is 0 Å². The first kappa shape index (κ1) is 113. The molecule has 10 aliphatic heterocycles. The Kier molecular flexibility index (Phi) is 41.9. The third-order valence-electron chi connectivity index (χ3n) is 24.6. The molecule has 60 heteroatoms. The number of rotatable bonds is 39. The molecular weight excluding hydrogens is 1860 g/mol. The molecule has 10 fully saturated rings. The smallest absolute Gasteiger partial charge is 0.217 e. The Morgan fingerprint density at radius 3 is 1.01 bits per heavy atom. The maximum Gasteiger partial charge on any atom is 0.217 e. The van der Waals surface area contributed by atoms with Crippen LogP contribution in [0, 0.1) is 0 Å². The summed E-state index contributed by atoms with van der Waals surface area (Å²) < 4.78 is 119. The highest BCUT2D eigenvalue weighted by atomic mass is 16.8. The summed E-state index contributed by atoms with van der Waals surface area (Å²) in [6.07, 6.45) is -105. The number of hydrogen-bond donors (Lipinski definition) is 35. The molecule has 10 saturated heterocycles. The third-order valence-corrected chi connectivity index (χ3v) is 24.6. The van der Waals surface area contributed by atoms with Crippen molar-refractivity contribution in [3.05, 3.63) is 0 Å². The Labute approximate surface area is 771 Å². The van der Waals surface area contributed by atoms with Crippen LogP contribution in [-0.2, 0) is 119 Å². The normalized spacial score (nSPS) is 46.7. The molecule has 0 aliphatic carbocycles. The van der Waals surface area contributed by atoms with E-state index < -0.39 is 433 Å². The summed E-state index contributed by atoms with van der Waals surface area (Å²) in [5.41, 5.74) is 0. The van der Waals surface area contributed by atoms with Gasteiger partial charge in [0.15, 0.2) is 62.9 Å². The van der Waals surface area contributed by atoms with Gasteiger partial charge in [-0.15, -0.1) is 0 Å². The predicted molar refractivity (Wildman–Crippen MR) is 421 cm³/mol. The first-order valence-electron chi connectivity index (χ1n) is 43.4. The highest BCUT2D eigenvalue weighted by Crippen LogP contribution is 2.41. The Morgan fingerprint density at radius 2 is 0.581 bits per heavy atom. The maximum absolute atomic E-state index is 13.4. The van der Waals surface area contributed by atoms with E-state index >= 15 is 0 Å². The first-order valence-corrected chi connectivity index (χ1v) is 43.4. The Balaban J connectivity index is 1.03. The summed E-state index contributed by atoms with van der Waals surface area (Å²) in [7, 11) is 0. The minimum Gasteiger partial charge on any atom is -0.394 e. The summed E-state index contributed by atoms with van der Waals surface area (Å²) in [6.45, 7) is -6.85. The second kappa shape index (κ2) is 50.2. The standard InChI is InChI=1S/C76H129N5O55/c1-18-39(96)51(108)56(113)71(120-18)117-15-25(95)60(40(97)24(7-82)77-19(2)90)130-69-37(80-22(5)93)49(106)63(32(14-89)126-69)133-74-59(116)64(134-76-66(54(111)44(101)29(11-86)124-76)136-68-35(78-20(3)91)47(104)41(98)26(8-83)121-68)46(103)34(128-74)17-119-75-65(135-70-38(81-23(6)94)50(107)62(31(13-88)127-70)132-73-58(115)53(110)43(100)28(10-85)123-73)55(112)45(102)33(129-75)16-118-67-36(79-21(4)92)48(105)61(30(12-87)125-67)131-72-57(114)52(109)42(99)27(9-84)122-72/h18,24-76,82-89,95-116H,7-17H2,1-6H3,(H,77,90)(H,78,91)(H,79,92)(H,80,93)(H,81,94)/t18-,24-,25+,26+,27+,28+,29+,30+,31+,32+,33+,34+,35+,36+,37+,38+,39+,40+,41+,42-,43-,44+,45+,46+,47+,48-,49+,50+,51+,52-,53-,54-,55-,56-,57+,58+,59-,60+,61+,62+,63+,64-,65-,66-,67+,68-,69-,70-,71+,72-,73-,74-,75-,76+/m0/s1. The van der Waals surface area contributed by atoms with Crippen LogP contribution in [0.15, 0.2) is 0 Å². The van der Waals surface area contributed by atoms with E-state index in [1.807, 2.05) is 0 Å². The Bertz CT molecular complexity index is 3710. The molecule has 5 amide bonds. The van der Waals surface area contributed by atoms with Crippen LogP contribution >= 0.6 is 0 Å². The van der Waals surface area contributed by atoms with Crippen LogP contribution in [0.4, 0.5) is 0 Å². The van der Waals surface area contributed by atoms with E-state index in [-0.39, 0.29) is 0 Å². The van der Waals surface area contributed by atoms with Gasteiger partial charge in [0.2, 0.25) is 29.5 Å². The lowest BCUT2D eigenvalue weighted by Gasteiger charge is -2.51. The van der Waals surface area contributed by atoms with Crippen molar-refractivity contribution in [1.29, 1.82) is 0 Å². The molecule has 10 rings (SSSR count). The molecule has 0 aromatic rings. The number of carbonyl (C=O) groups excluding carboxylic acids is 5. The quantitative estimate of drug-likeness (QED) is 0.0272. The van der Waals surface area contributed by atoms with Gasteiger partial charge in [-0.25, -0.2) is 0 Å². The topological polar surface area (TPSA) is 937 Å². The van der Waals surface area contributed by atoms with Gasteiger partial charge in [-0.05, 0) is 6.92 Å². The molecule has 0 aromatic carbocycles. The molecule has 136 heavy (non-hydrogen) atoms. The fourth-order valence-corrected chi connectivity index (χ4v) is 17.2. The van der Waals surface area contributed by atoms with E-state index in [1.54, 1.807) is 0 Å². The van der Waals surface area contributed by atoms with Crippen LogP contribution in [0.1, 0.15) is 41.5 Å². The van der Waals surface area contributed by atoms with Gasteiger partial charge in [-0.3, -0.25) is 24.0 Å². The van der Waals surface area contributed by atoms with Crippen LogP contribution in [0.2, 0.25) is 0 Å². The molecule has 10 heterocycles. The molecule has 35 N–H and O–H groups in total. The first-order chi connectivity index (χ1) is 64.2. The Hall–Kier alpha value is -4.65.